The molecule has 0 amide bonds. The Morgan fingerprint density at radius 3 is 2.79 bits per heavy atom. The lowest BCUT2D eigenvalue weighted by Crippen LogP contribution is -2.35. The lowest BCUT2D eigenvalue weighted by Gasteiger charge is -2.29. The molecule has 0 fully saturated rings. The number of nitrogens with zero attached hydrogens (tertiary/aromatic N) is 2. The van der Waals surface area contributed by atoms with Crippen LogP contribution in [0.15, 0.2) is 46.0 Å². The normalized spacial score (nSPS) is 14.6. The van der Waals surface area contributed by atoms with E-state index in [0.29, 0.717) is 10.8 Å². The molecule has 1 aromatic carbocycles. The average molecular weight is 377 g/mol. The quantitative estimate of drug-likeness (QED) is 0.684. The Balaban J connectivity index is 1.73. The molecule has 4 nitrogen and oxygen atoms in total. The van der Waals surface area contributed by atoms with Crippen molar-refractivity contribution >= 4 is 38.4 Å². The van der Waals surface area contributed by atoms with Crippen molar-refractivity contribution in [2.24, 2.45) is 0 Å². The summed E-state index contributed by atoms with van der Waals surface area (Å²) in [6.07, 6.45) is 1.77. The lowest BCUT2D eigenvalue weighted by molar-refractivity contribution is 0.588. The van der Waals surface area contributed by atoms with Crippen LogP contribution in [0.4, 0.5) is 5.69 Å². The van der Waals surface area contributed by atoms with Crippen molar-refractivity contribution in [1.29, 1.82) is 0 Å². The number of benzene rings is 1. The Bertz CT molecular complexity index is 989. The summed E-state index contributed by atoms with van der Waals surface area (Å²) in [5, 5.41) is 2.95. The van der Waals surface area contributed by atoms with E-state index in [1.165, 1.54) is 11.3 Å². The van der Waals surface area contributed by atoms with Crippen LogP contribution < -0.4 is 4.31 Å². The molecule has 0 bridgehead atoms. The predicted octanol–water partition coefficient (Wildman–Crippen LogP) is 4.32. The first-order valence-electron chi connectivity index (χ1n) is 7.69. The molecular weight excluding hydrogens is 360 g/mol. The molecule has 0 radical (unpaired) electrons. The first-order chi connectivity index (χ1) is 11.6. The number of aryl methyl sites for hydroxylation is 2. The fraction of sp³-hybridized carbons (Fsp3) is 0.235. The second kappa shape index (κ2) is 5.98. The maximum Gasteiger partial charge on any atom is 0.273 e. The van der Waals surface area contributed by atoms with Crippen molar-refractivity contribution in [2.45, 2.75) is 24.0 Å². The molecule has 0 atom stereocenters. The van der Waals surface area contributed by atoms with E-state index in [0.717, 1.165) is 39.7 Å². The van der Waals surface area contributed by atoms with Crippen LogP contribution in [0.25, 0.3) is 10.6 Å². The Morgan fingerprint density at radius 2 is 2.00 bits per heavy atom. The molecule has 0 unspecified atom stereocenters. The molecule has 124 valence electrons. The van der Waals surface area contributed by atoms with Crippen molar-refractivity contribution < 1.29 is 8.42 Å². The number of hydrogen-bond donors (Lipinski definition) is 0. The van der Waals surface area contributed by atoms with Crippen LogP contribution >= 0.6 is 22.7 Å². The second-order valence-electron chi connectivity index (χ2n) is 5.68. The van der Waals surface area contributed by atoms with Crippen LogP contribution in [-0.4, -0.2) is 19.9 Å². The van der Waals surface area contributed by atoms with Crippen molar-refractivity contribution in [3.8, 4) is 10.6 Å². The summed E-state index contributed by atoms with van der Waals surface area (Å²) in [6.45, 7) is 2.48. The van der Waals surface area contributed by atoms with E-state index < -0.39 is 10.0 Å². The van der Waals surface area contributed by atoms with Gasteiger partial charge in [-0.3, -0.25) is 4.31 Å². The number of fused-ring (bicyclic) bond motifs is 1. The number of thiazole rings is 1. The highest BCUT2D eigenvalue weighted by Crippen LogP contribution is 2.36. The second-order valence-corrected chi connectivity index (χ2v) is 9.92. The number of sulfonamides is 1. The third-order valence-electron chi connectivity index (χ3n) is 4.06. The standard InChI is InChI=1S/C17H16N2O2S3/c1-12-18-14(11-22-12)16-8-9-17(23-16)24(20,21)19-10-4-6-13-5-2-3-7-15(13)19/h2-3,5,7-9,11H,4,6,10H2,1H3. The minimum atomic E-state index is -3.53. The summed E-state index contributed by atoms with van der Waals surface area (Å²) in [6, 6.07) is 11.3. The van der Waals surface area contributed by atoms with Crippen molar-refractivity contribution in [2.75, 3.05) is 10.8 Å². The Hall–Kier alpha value is -1.70. The van der Waals surface area contributed by atoms with Gasteiger partial charge < -0.3 is 0 Å². The van der Waals surface area contributed by atoms with Crippen LogP contribution in [0.3, 0.4) is 0 Å². The van der Waals surface area contributed by atoms with Gasteiger partial charge in [-0.2, -0.15) is 0 Å². The molecule has 0 saturated heterocycles. The van der Waals surface area contributed by atoms with Crippen LogP contribution in [0.5, 0.6) is 0 Å². The summed E-state index contributed by atoms with van der Waals surface area (Å²) in [4.78, 5) is 5.34. The molecule has 0 spiro atoms. The maximum atomic E-state index is 13.1. The number of anilines is 1. The van der Waals surface area contributed by atoms with Crippen LogP contribution in [0.1, 0.15) is 17.0 Å². The molecule has 0 aliphatic carbocycles. The minimum Gasteiger partial charge on any atom is -0.265 e. The zero-order chi connectivity index (χ0) is 16.7. The van der Waals surface area contributed by atoms with Gasteiger partial charge in [0.15, 0.2) is 0 Å². The van der Waals surface area contributed by atoms with Gasteiger partial charge in [-0.1, -0.05) is 18.2 Å². The summed E-state index contributed by atoms with van der Waals surface area (Å²) < 4.78 is 28.2. The SMILES string of the molecule is Cc1nc(-c2ccc(S(=O)(=O)N3CCCc4ccccc43)s2)cs1. The van der Waals surface area contributed by atoms with Gasteiger partial charge in [0.2, 0.25) is 0 Å². The molecule has 0 N–H and O–H groups in total. The highest BCUT2D eigenvalue weighted by molar-refractivity contribution is 7.94. The third kappa shape index (κ3) is 2.66. The highest BCUT2D eigenvalue weighted by atomic mass is 32.2. The van der Waals surface area contributed by atoms with Gasteiger partial charge in [-0.25, -0.2) is 13.4 Å². The van der Waals surface area contributed by atoms with E-state index in [9.17, 15) is 8.42 Å². The largest absolute Gasteiger partial charge is 0.273 e. The Morgan fingerprint density at radius 1 is 1.17 bits per heavy atom. The van der Waals surface area contributed by atoms with Crippen LogP contribution in [0, 0.1) is 6.92 Å². The number of thiophene rings is 1. The average Bonchev–Trinajstić information content (AvgIpc) is 3.23. The molecule has 3 aromatic rings. The number of rotatable bonds is 3. The predicted molar refractivity (Wildman–Crippen MR) is 99.5 cm³/mol. The fourth-order valence-corrected chi connectivity index (χ4v) is 6.54. The van der Waals surface area contributed by atoms with E-state index >= 15 is 0 Å². The maximum absolute atomic E-state index is 13.1. The number of hydrogen-bond acceptors (Lipinski definition) is 5. The number of aromatic nitrogens is 1. The van der Waals surface area contributed by atoms with Gasteiger partial charge >= 0.3 is 0 Å². The molecule has 1 aliphatic rings. The van der Waals surface area contributed by atoms with E-state index in [-0.39, 0.29) is 0 Å². The summed E-state index contributed by atoms with van der Waals surface area (Å²) in [7, 11) is -3.53. The fourth-order valence-electron chi connectivity index (χ4n) is 2.93. The first-order valence-corrected chi connectivity index (χ1v) is 10.8. The molecule has 0 saturated carbocycles. The Kier molecular flexibility index (Phi) is 3.94. The van der Waals surface area contributed by atoms with Crippen molar-refractivity contribution in [3.63, 3.8) is 0 Å². The molecular formula is C17H16N2O2S3. The molecule has 24 heavy (non-hydrogen) atoms. The van der Waals surface area contributed by atoms with E-state index in [2.05, 4.69) is 4.98 Å². The van der Waals surface area contributed by atoms with Crippen molar-refractivity contribution in [1.82, 2.24) is 4.98 Å². The lowest BCUT2D eigenvalue weighted by atomic mass is 10.0. The topological polar surface area (TPSA) is 50.3 Å². The van der Waals surface area contributed by atoms with Gasteiger partial charge in [0.1, 0.15) is 4.21 Å². The molecule has 2 aromatic heterocycles. The first kappa shape index (κ1) is 15.8. The number of para-hydroxylation sites is 1. The van der Waals surface area contributed by atoms with E-state index in [1.54, 1.807) is 21.7 Å². The van der Waals surface area contributed by atoms with Crippen molar-refractivity contribution in [3.05, 3.63) is 52.3 Å². The van der Waals surface area contributed by atoms with Crippen LogP contribution in [0.2, 0.25) is 0 Å². The smallest absolute Gasteiger partial charge is 0.265 e. The molecule has 4 rings (SSSR count). The van der Waals surface area contributed by atoms with Gasteiger partial charge in [0.05, 0.1) is 21.3 Å². The van der Waals surface area contributed by atoms with E-state index in [4.69, 9.17) is 0 Å². The van der Waals surface area contributed by atoms with Gasteiger partial charge in [-0.05, 0) is 43.5 Å². The monoisotopic (exact) mass is 376 g/mol. The minimum absolute atomic E-state index is 0.375. The van der Waals surface area contributed by atoms with Gasteiger partial charge in [0, 0.05) is 11.9 Å². The van der Waals surface area contributed by atoms with Gasteiger partial charge in [-0.15, -0.1) is 22.7 Å². The zero-order valence-electron chi connectivity index (χ0n) is 13.1. The summed E-state index contributed by atoms with van der Waals surface area (Å²) >= 11 is 2.86. The molecule has 7 heteroatoms. The molecule has 1 aliphatic heterocycles. The van der Waals surface area contributed by atoms with E-state index in [1.807, 2.05) is 42.6 Å². The summed E-state index contributed by atoms with van der Waals surface area (Å²) in [5.41, 5.74) is 2.76. The van der Waals surface area contributed by atoms with Gasteiger partial charge in [0.25, 0.3) is 10.0 Å². The Labute approximate surface area is 149 Å². The third-order valence-corrected chi connectivity index (χ3v) is 8.23. The zero-order valence-corrected chi connectivity index (χ0v) is 15.5. The summed E-state index contributed by atoms with van der Waals surface area (Å²) in [5.74, 6) is 0. The molecule has 3 heterocycles. The van der Waals surface area contributed by atoms with Crippen LogP contribution in [-0.2, 0) is 16.4 Å². The highest BCUT2D eigenvalue weighted by Gasteiger charge is 2.30.